The fourth-order valence-electron chi connectivity index (χ4n) is 0.689. The van der Waals surface area contributed by atoms with Crippen LogP contribution in [0.5, 0.6) is 0 Å². The molecular formula is C11H20N4. The van der Waals surface area contributed by atoms with Crippen molar-refractivity contribution in [2.45, 2.75) is 33.7 Å². The number of aromatic nitrogens is 4. The number of hydrogen-bond acceptors (Lipinski definition) is 2. The van der Waals surface area contributed by atoms with Crippen LogP contribution in [-0.4, -0.2) is 19.5 Å². The second-order valence-corrected chi connectivity index (χ2v) is 2.86. The summed E-state index contributed by atoms with van der Waals surface area (Å²) in [4.78, 5) is 10.3. The summed E-state index contributed by atoms with van der Waals surface area (Å²) >= 11 is 0. The van der Waals surface area contributed by atoms with E-state index >= 15 is 0 Å². The van der Waals surface area contributed by atoms with Crippen molar-refractivity contribution in [3.8, 4) is 0 Å². The van der Waals surface area contributed by atoms with Gasteiger partial charge in [0.1, 0.15) is 0 Å². The predicted molar refractivity (Wildman–Crippen MR) is 62.5 cm³/mol. The van der Waals surface area contributed by atoms with E-state index in [-0.39, 0.29) is 0 Å². The van der Waals surface area contributed by atoms with Crippen molar-refractivity contribution in [3.05, 3.63) is 37.4 Å². The first-order valence-electron chi connectivity index (χ1n) is 5.23. The van der Waals surface area contributed by atoms with Gasteiger partial charge in [0.05, 0.1) is 12.7 Å². The number of nitrogens with one attached hydrogen (secondary N) is 1. The van der Waals surface area contributed by atoms with Gasteiger partial charge in [0.2, 0.25) is 0 Å². The smallest absolute Gasteiger partial charge is 0.0945 e. The summed E-state index contributed by atoms with van der Waals surface area (Å²) in [6.07, 6.45) is 11.9. The van der Waals surface area contributed by atoms with Crippen LogP contribution in [0.2, 0.25) is 0 Å². The summed E-state index contributed by atoms with van der Waals surface area (Å²) in [5.41, 5.74) is 0. The molecule has 0 spiro atoms. The Labute approximate surface area is 91.4 Å². The number of nitrogens with zero attached hydrogens (tertiary/aromatic N) is 3. The SMILES string of the molecule is CCC.CCn1ccnc1.c1c[nH]cn1. The van der Waals surface area contributed by atoms with Crippen LogP contribution in [0, 0.1) is 0 Å². The van der Waals surface area contributed by atoms with Gasteiger partial charge in [-0.15, -0.1) is 0 Å². The molecule has 4 heteroatoms. The molecule has 84 valence electrons. The van der Waals surface area contributed by atoms with Gasteiger partial charge >= 0.3 is 0 Å². The second-order valence-electron chi connectivity index (χ2n) is 2.86. The van der Waals surface area contributed by atoms with Crippen LogP contribution in [0.25, 0.3) is 0 Å². The molecule has 2 aromatic rings. The van der Waals surface area contributed by atoms with Gasteiger partial charge in [-0.25, -0.2) is 9.97 Å². The lowest BCUT2D eigenvalue weighted by molar-refractivity contribution is 0.761. The minimum absolute atomic E-state index is 1.01. The van der Waals surface area contributed by atoms with Crippen molar-refractivity contribution < 1.29 is 0 Å². The molecule has 2 heterocycles. The van der Waals surface area contributed by atoms with E-state index in [0.717, 1.165) is 6.54 Å². The van der Waals surface area contributed by atoms with Crippen LogP contribution in [0.1, 0.15) is 27.2 Å². The summed E-state index contributed by atoms with van der Waals surface area (Å²) in [5, 5.41) is 0. The van der Waals surface area contributed by atoms with Gasteiger partial charge in [0, 0.05) is 31.3 Å². The third-order valence-electron chi connectivity index (χ3n) is 1.33. The van der Waals surface area contributed by atoms with Crippen molar-refractivity contribution in [1.82, 2.24) is 19.5 Å². The Morgan fingerprint density at radius 3 is 2.07 bits per heavy atom. The Kier molecular flexibility index (Phi) is 9.39. The third kappa shape index (κ3) is 8.74. The molecule has 2 aromatic heterocycles. The van der Waals surface area contributed by atoms with E-state index in [1.54, 1.807) is 31.2 Å². The van der Waals surface area contributed by atoms with Gasteiger partial charge in [-0.1, -0.05) is 20.3 Å². The van der Waals surface area contributed by atoms with Crippen LogP contribution < -0.4 is 0 Å². The Morgan fingerprint density at radius 1 is 1.13 bits per heavy atom. The minimum atomic E-state index is 1.01. The molecule has 2 rings (SSSR count). The molecule has 4 nitrogen and oxygen atoms in total. The van der Waals surface area contributed by atoms with Gasteiger partial charge in [-0.3, -0.25) is 0 Å². The lowest BCUT2D eigenvalue weighted by atomic mass is 10.6. The van der Waals surface area contributed by atoms with Crippen molar-refractivity contribution in [1.29, 1.82) is 0 Å². The molecule has 0 aromatic carbocycles. The van der Waals surface area contributed by atoms with Crippen LogP contribution in [0.3, 0.4) is 0 Å². The quantitative estimate of drug-likeness (QED) is 0.783. The minimum Gasteiger partial charge on any atom is -0.351 e. The number of imidazole rings is 2. The average Bonchev–Trinajstić information content (AvgIpc) is 2.96. The highest BCUT2D eigenvalue weighted by molar-refractivity contribution is 4.72. The van der Waals surface area contributed by atoms with Gasteiger partial charge in [-0.05, 0) is 6.92 Å². The lowest BCUT2D eigenvalue weighted by Crippen LogP contribution is -1.85. The maximum Gasteiger partial charge on any atom is 0.0945 e. The van der Waals surface area contributed by atoms with E-state index in [1.807, 2.05) is 10.8 Å². The first-order chi connectivity index (χ1) is 7.35. The van der Waals surface area contributed by atoms with E-state index < -0.39 is 0 Å². The van der Waals surface area contributed by atoms with Crippen molar-refractivity contribution in [2.75, 3.05) is 0 Å². The Bertz CT molecular complexity index is 256. The number of aryl methyl sites for hydroxylation is 1. The van der Waals surface area contributed by atoms with Gasteiger partial charge in [0.25, 0.3) is 0 Å². The summed E-state index contributed by atoms with van der Waals surface area (Å²) in [5.74, 6) is 0. The first kappa shape index (κ1) is 13.4. The fourth-order valence-corrected chi connectivity index (χ4v) is 0.689. The molecular weight excluding hydrogens is 188 g/mol. The van der Waals surface area contributed by atoms with Crippen LogP contribution in [-0.2, 0) is 6.54 Å². The van der Waals surface area contributed by atoms with E-state index in [1.165, 1.54) is 6.42 Å². The van der Waals surface area contributed by atoms with Crippen LogP contribution in [0.4, 0.5) is 0 Å². The van der Waals surface area contributed by atoms with Gasteiger partial charge < -0.3 is 9.55 Å². The van der Waals surface area contributed by atoms with Crippen molar-refractivity contribution >= 4 is 0 Å². The standard InChI is InChI=1S/C5H8N2.C3H4N2.C3H8/c1-2-7-4-3-6-5-7;1-2-5-3-4-1;1-3-2/h3-5H,2H2,1H3;1-3H,(H,4,5);3H2,1-2H3. The van der Waals surface area contributed by atoms with E-state index in [4.69, 9.17) is 0 Å². The second kappa shape index (κ2) is 10.5. The molecule has 0 atom stereocenters. The maximum atomic E-state index is 3.86. The molecule has 0 aliphatic heterocycles. The number of rotatable bonds is 1. The highest BCUT2D eigenvalue weighted by Crippen LogP contribution is 1.81. The van der Waals surface area contributed by atoms with Crippen LogP contribution in [0.15, 0.2) is 37.4 Å². The first-order valence-corrected chi connectivity index (χ1v) is 5.23. The highest BCUT2D eigenvalue weighted by atomic mass is 15.0. The molecule has 0 unspecified atom stereocenters. The van der Waals surface area contributed by atoms with Gasteiger partial charge in [-0.2, -0.15) is 0 Å². The molecule has 0 bridgehead atoms. The monoisotopic (exact) mass is 208 g/mol. The normalized spacial score (nSPS) is 8.20. The zero-order valence-electron chi connectivity index (χ0n) is 9.72. The van der Waals surface area contributed by atoms with E-state index in [0.29, 0.717) is 0 Å². The topological polar surface area (TPSA) is 46.5 Å². The number of H-pyrrole nitrogens is 1. The number of hydrogen-bond donors (Lipinski definition) is 1. The van der Waals surface area contributed by atoms with Gasteiger partial charge in [0.15, 0.2) is 0 Å². The average molecular weight is 208 g/mol. The molecule has 0 amide bonds. The van der Waals surface area contributed by atoms with E-state index in [9.17, 15) is 0 Å². The molecule has 15 heavy (non-hydrogen) atoms. The molecule has 0 aliphatic carbocycles. The van der Waals surface area contributed by atoms with Crippen molar-refractivity contribution in [2.24, 2.45) is 0 Å². The molecule has 0 saturated carbocycles. The third-order valence-corrected chi connectivity index (χ3v) is 1.33. The summed E-state index contributed by atoms with van der Waals surface area (Å²) in [7, 11) is 0. The van der Waals surface area contributed by atoms with Crippen LogP contribution >= 0.6 is 0 Å². The summed E-state index contributed by atoms with van der Waals surface area (Å²) in [6.45, 7) is 7.35. The largest absolute Gasteiger partial charge is 0.351 e. The predicted octanol–water partition coefficient (Wildman–Crippen LogP) is 2.73. The van der Waals surface area contributed by atoms with E-state index in [2.05, 4.69) is 35.7 Å². The maximum absolute atomic E-state index is 3.86. The molecule has 1 N–H and O–H groups in total. The lowest BCUT2D eigenvalue weighted by Gasteiger charge is -1.87. The molecule has 0 fully saturated rings. The fraction of sp³-hybridized carbons (Fsp3) is 0.455. The molecule has 0 radical (unpaired) electrons. The highest BCUT2D eigenvalue weighted by Gasteiger charge is 1.77. The Morgan fingerprint density at radius 2 is 1.87 bits per heavy atom. The molecule has 0 saturated heterocycles. The zero-order chi connectivity index (χ0) is 11.4. The number of aromatic amines is 1. The zero-order valence-corrected chi connectivity index (χ0v) is 9.72. The summed E-state index contributed by atoms with van der Waals surface area (Å²) in [6, 6.07) is 0. The molecule has 0 aliphatic rings. The van der Waals surface area contributed by atoms with Crippen molar-refractivity contribution in [3.63, 3.8) is 0 Å². The Balaban J connectivity index is 0.000000216. The summed E-state index contributed by atoms with van der Waals surface area (Å²) < 4.78 is 2.01. The Hall–Kier alpha value is -1.58.